The molecule has 0 radical (unpaired) electrons. The normalized spacial score (nSPS) is 11.0. The van der Waals surface area contributed by atoms with Crippen molar-refractivity contribution in [2.45, 2.75) is 13.8 Å². The predicted molar refractivity (Wildman–Crippen MR) is 61.2 cm³/mol. The SMILES string of the molecule is Cc1nc2c(F)c(Cl)ccc2c(Cl)c1C. The number of aromatic nitrogens is 1. The van der Waals surface area contributed by atoms with Gasteiger partial charge in [-0.15, -0.1) is 0 Å². The molecule has 15 heavy (non-hydrogen) atoms. The quantitative estimate of drug-likeness (QED) is 0.673. The average molecular weight is 244 g/mol. The summed E-state index contributed by atoms with van der Waals surface area (Å²) in [4.78, 5) is 4.15. The third kappa shape index (κ3) is 1.58. The Morgan fingerprint density at radius 1 is 1.20 bits per heavy atom. The zero-order chi connectivity index (χ0) is 11.2. The molecule has 0 saturated carbocycles. The van der Waals surface area contributed by atoms with Crippen LogP contribution in [0.3, 0.4) is 0 Å². The van der Waals surface area contributed by atoms with Crippen LogP contribution in [-0.2, 0) is 0 Å². The largest absolute Gasteiger partial charge is 0.250 e. The number of nitrogens with zero attached hydrogens (tertiary/aromatic N) is 1. The van der Waals surface area contributed by atoms with E-state index in [1.807, 2.05) is 6.92 Å². The van der Waals surface area contributed by atoms with Gasteiger partial charge in [-0.25, -0.2) is 9.37 Å². The Morgan fingerprint density at radius 3 is 2.53 bits per heavy atom. The van der Waals surface area contributed by atoms with Crippen molar-refractivity contribution in [1.29, 1.82) is 0 Å². The van der Waals surface area contributed by atoms with Crippen molar-refractivity contribution in [3.05, 3.63) is 39.3 Å². The highest BCUT2D eigenvalue weighted by Crippen LogP contribution is 2.31. The lowest BCUT2D eigenvalue weighted by atomic mass is 10.1. The smallest absolute Gasteiger partial charge is 0.168 e. The van der Waals surface area contributed by atoms with E-state index >= 15 is 0 Å². The molecule has 0 atom stereocenters. The highest BCUT2D eigenvalue weighted by molar-refractivity contribution is 6.37. The molecule has 78 valence electrons. The Kier molecular flexibility index (Phi) is 2.57. The first kappa shape index (κ1) is 10.7. The molecular formula is C11H8Cl2FN. The van der Waals surface area contributed by atoms with Crippen molar-refractivity contribution in [2.24, 2.45) is 0 Å². The number of halogens is 3. The summed E-state index contributed by atoms with van der Waals surface area (Å²) in [6.45, 7) is 3.65. The van der Waals surface area contributed by atoms with Crippen molar-refractivity contribution >= 4 is 34.1 Å². The molecule has 4 heteroatoms. The molecule has 2 aromatic rings. The second-order valence-electron chi connectivity index (χ2n) is 3.39. The van der Waals surface area contributed by atoms with Gasteiger partial charge in [-0.1, -0.05) is 23.2 Å². The first-order chi connectivity index (χ1) is 7.02. The van der Waals surface area contributed by atoms with Gasteiger partial charge in [-0.2, -0.15) is 0 Å². The standard InChI is InChI=1S/C11H8Cl2FN/c1-5-6(2)15-11-7(9(5)13)3-4-8(12)10(11)14/h3-4H,1-2H3. The first-order valence-electron chi connectivity index (χ1n) is 4.42. The van der Waals surface area contributed by atoms with Crippen molar-refractivity contribution < 1.29 is 4.39 Å². The number of aryl methyl sites for hydroxylation is 1. The highest BCUT2D eigenvalue weighted by Gasteiger charge is 2.12. The van der Waals surface area contributed by atoms with Gasteiger partial charge in [0.25, 0.3) is 0 Å². The summed E-state index contributed by atoms with van der Waals surface area (Å²) in [5.74, 6) is -0.515. The van der Waals surface area contributed by atoms with E-state index in [0.29, 0.717) is 16.1 Å². The molecule has 0 amide bonds. The Morgan fingerprint density at radius 2 is 1.87 bits per heavy atom. The van der Waals surface area contributed by atoms with E-state index in [4.69, 9.17) is 23.2 Å². The summed E-state index contributed by atoms with van der Waals surface area (Å²) >= 11 is 11.8. The third-order valence-electron chi connectivity index (χ3n) is 2.46. The Bertz CT molecular complexity index is 552. The molecule has 0 bridgehead atoms. The second-order valence-corrected chi connectivity index (χ2v) is 4.18. The summed E-state index contributed by atoms with van der Waals surface area (Å²) < 4.78 is 13.6. The summed E-state index contributed by atoms with van der Waals surface area (Å²) in [6.07, 6.45) is 0. The van der Waals surface area contributed by atoms with E-state index in [1.165, 1.54) is 6.07 Å². The van der Waals surface area contributed by atoms with Crippen LogP contribution in [0.2, 0.25) is 10.0 Å². The summed E-state index contributed by atoms with van der Waals surface area (Å²) in [5, 5.41) is 1.20. The first-order valence-corrected chi connectivity index (χ1v) is 5.18. The molecule has 1 heterocycles. The van der Waals surface area contributed by atoms with Crippen LogP contribution in [0.4, 0.5) is 4.39 Å². The number of hydrogen-bond acceptors (Lipinski definition) is 1. The zero-order valence-corrected chi connectivity index (χ0v) is 9.75. The molecule has 1 aromatic carbocycles. The predicted octanol–water partition coefficient (Wildman–Crippen LogP) is 4.30. The number of pyridine rings is 1. The van der Waals surface area contributed by atoms with Crippen LogP contribution in [0, 0.1) is 19.7 Å². The van der Waals surface area contributed by atoms with Gasteiger partial charge < -0.3 is 0 Å². The Labute approximate surface area is 96.8 Å². The highest BCUT2D eigenvalue weighted by atomic mass is 35.5. The van der Waals surface area contributed by atoms with E-state index in [1.54, 1.807) is 13.0 Å². The molecule has 0 aliphatic carbocycles. The minimum absolute atomic E-state index is 0.0642. The van der Waals surface area contributed by atoms with Gasteiger partial charge in [0.05, 0.1) is 10.0 Å². The molecule has 0 saturated heterocycles. The maximum Gasteiger partial charge on any atom is 0.168 e. The average Bonchev–Trinajstić information content (AvgIpc) is 2.21. The van der Waals surface area contributed by atoms with Gasteiger partial charge in [0.2, 0.25) is 0 Å². The lowest BCUT2D eigenvalue weighted by Gasteiger charge is -2.08. The fraction of sp³-hybridized carbons (Fsp3) is 0.182. The minimum atomic E-state index is -0.515. The molecule has 0 N–H and O–H groups in total. The van der Waals surface area contributed by atoms with Gasteiger partial charge in [-0.3, -0.25) is 0 Å². The minimum Gasteiger partial charge on any atom is -0.250 e. The van der Waals surface area contributed by atoms with Crippen LogP contribution in [0.25, 0.3) is 10.9 Å². The Balaban J connectivity index is 2.98. The fourth-order valence-corrected chi connectivity index (χ4v) is 1.88. The van der Waals surface area contributed by atoms with Crippen LogP contribution in [0.1, 0.15) is 11.3 Å². The third-order valence-corrected chi connectivity index (χ3v) is 3.24. The lowest BCUT2D eigenvalue weighted by molar-refractivity contribution is 0.637. The Hall–Kier alpha value is -0.860. The molecular weight excluding hydrogens is 236 g/mol. The van der Waals surface area contributed by atoms with Gasteiger partial charge in [0.1, 0.15) is 5.52 Å². The molecule has 0 aliphatic heterocycles. The van der Waals surface area contributed by atoms with Gasteiger partial charge >= 0.3 is 0 Å². The van der Waals surface area contributed by atoms with E-state index in [-0.39, 0.29) is 10.5 Å². The van der Waals surface area contributed by atoms with Crippen LogP contribution in [0.5, 0.6) is 0 Å². The number of hydrogen-bond donors (Lipinski definition) is 0. The van der Waals surface area contributed by atoms with Gasteiger partial charge in [0, 0.05) is 11.1 Å². The summed E-state index contributed by atoms with van der Waals surface area (Å²) in [6, 6.07) is 3.17. The van der Waals surface area contributed by atoms with Gasteiger partial charge in [0.15, 0.2) is 5.82 Å². The number of rotatable bonds is 0. The summed E-state index contributed by atoms with van der Waals surface area (Å²) in [7, 11) is 0. The molecule has 0 fully saturated rings. The molecule has 0 spiro atoms. The van der Waals surface area contributed by atoms with E-state index in [9.17, 15) is 4.39 Å². The molecule has 0 unspecified atom stereocenters. The fourth-order valence-electron chi connectivity index (χ4n) is 1.44. The van der Waals surface area contributed by atoms with Crippen molar-refractivity contribution in [1.82, 2.24) is 4.98 Å². The molecule has 2 rings (SSSR count). The van der Waals surface area contributed by atoms with Crippen LogP contribution < -0.4 is 0 Å². The monoisotopic (exact) mass is 243 g/mol. The second kappa shape index (κ2) is 3.62. The van der Waals surface area contributed by atoms with E-state index in [2.05, 4.69) is 4.98 Å². The van der Waals surface area contributed by atoms with Crippen LogP contribution >= 0.6 is 23.2 Å². The zero-order valence-electron chi connectivity index (χ0n) is 8.24. The van der Waals surface area contributed by atoms with Crippen molar-refractivity contribution in [3.63, 3.8) is 0 Å². The van der Waals surface area contributed by atoms with Gasteiger partial charge in [-0.05, 0) is 31.5 Å². The topological polar surface area (TPSA) is 12.9 Å². The van der Waals surface area contributed by atoms with Crippen LogP contribution in [-0.4, -0.2) is 4.98 Å². The maximum atomic E-state index is 13.6. The molecule has 0 aliphatic rings. The maximum absolute atomic E-state index is 13.6. The van der Waals surface area contributed by atoms with Crippen molar-refractivity contribution in [2.75, 3.05) is 0 Å². The number of fused-ring (bicyclic) bond motifs is 1. The van der Waals surface area contributed by atoms with Crippen molar-refractivity contribution in [3.8, 4) is 0 Å². The number of benzene rings is 1. The molecule has 1 aromatic heterocycles. The lowest BCUT2D eigenvalue weighted by Crippen LogP contribution is -1.93. The van der Waals surface area contributed by atoms with Crippen LogP contribution in [0.15, 0.2) is 12.1 Å². The van der Waals surface area contributed by atoms with E-state index < -0.39 is 5.82 Å². The van der Waals surface area contributed by atoms with E-state index in [0.717, 1.165) is 5.56 Å². The molecule has 1 nitrogen and oxygen atoms in total. The summed E-state index contributed by atoms with van der Waals surface area (Å²) in [5.41, 5.74) is 1.81.